The van der Waals surface area contributed by atoms with Gasteiger partial charge in [0.2, 0.25) is 0 Å². The standard InChI is InChI=1S/C16H27N3S/c1-12(2)17-10-14-9-13(3)18-16(19-14)11-20-15-7-5-4-6-8-15/h9,12,15,17H,4-8,10-11H2,1-3H3. The van der Waals surface area contributed by atoms with Crippen molar-refractivity contribution in [2.75, 3.05) is 0 Å². The molecule has 1 fully saturated rings. The smallest absolute Gasteiger partial charge is 0.138 e. The van der Waals surface area contributed by atoms with Crippen LogP contribution >= 0.6 is 11.8 Å². The summed E-state index contributed by atoms with van der Waals surface area (Å²) in [6, 6.07) is 2.58. The topological polar surface area (TPSA) is 37.8 Å². The maximum Gasteiger partial charge on any atom is 0.138 e. The van der Waals surface area contributed by atoms with E-state index < -0.39 is 0 Å². The van der Waals surface area contributed by atoms with Crippen molar-refractivity contribution in [3.63, 3.8) is 0 Å². The number of nitrogens with one attached hydrogen (secondary N) is 1. The third kappa shape index (κ3) is 5.41. The molecule has 2 rings (SSSR count). The van der Waals surface area contributed by atoms with E-state index in [1.165, 1.54) is 32.1 Å². The second kappa shape index (κ2) is 7.99. The lowest BCUT2D eigenvalue weighted by atomic mass is 10.0. The second-order valence-electron chi connectivity index (χ2n) is 6.02. The van der Waals surface area contributed by atoms with E-state index in [4.69, 9.17) is 4.98 Å². The maximum atomic E-state index is 4.70. The molecule has 1 heterocycles. The molecule has 0 atom stereocenters. The summed E-state index contributed by atoms with van der Waals surface area (Å²) in [5, 5.41) is 4.25. The summed E-state index contributed by atoms with van der Waals surface area (Å²) >= 11 is 2.05. The average molecular weight is 293 g/mol. The zero-order valence-electron chi connectivity index (χ0n) is 13.0. The van der Waals surface area contributed by atoms with Crippen molar-refractivity contribution < 1.29 is 0 Å². The van der Waals surface area contributed by atoms with Crippen LogP contribution in [-0.4, -0.2) is 21.3 Å². The Kier molecular flexibility index (Phi) is 6.30. The van der Waals surface area contributed by atoms with Gasteiger partial charge in [0.05, 0.1) is 11.4 Å². The summed E-state index contributed by atoms with van der Waals surface area (Å²) in [5.74, 6) is 1.96. The molecule has 1 saturated carbocycles. The maximum absolute atomic E-state index is 4.70. The summed E-state index contributed by atoms with van der Waals surface area (Å²) in [6.45, 7) is 7.22. The molecule has 1 aromatic heterocycles. The van der Waals surface area contributed by atoms with E-state index in [9.17, 15) is 0 Å². The van der Waals surface area contributed by atoms with Crippen molar-refractivity contribution in [2.45, 2.75) is 76.5 Å². The summed E-state index contributed by atoms with van der Waals surface area (Å²) < 4.78 is 0. The Morgan fingerprint density at radius 3 is 2.70 bits per heavy atom. The molecule has 0 unspecified atom stereocenters. The van der Waals surface area contributed by atoms with Crippen molar-refractivity contribution in [3.8, 4) is 0 Å². The monoisotopic (exact) mass is 293 g/mol. The number of nitrogens with zero attached hydrogens (tertiary/aromatic N) is 2. The molecule has 1 aliphatic carbocycles. The van der Waals surface area contributed by atoms with Crippen LogP contribution < -0.4 is 5.32 Å². The number of hydrogen-bond donors (Lipinski definition) is 1. The fraction of sp³-hybridized carbons (Fsp3) is 0.750. The molecule has 1 N–H and O–H groups in total. The van der Waals surface area contributed by atoms with Gasteiger partial charge >= 0.3 is 0 Å². The van der Waals surface area contributed by atoms with Gasteiger partial charge in [0.25, 0.3) is 0 Å². The minimum atomic E-state index is 0.491. The Bertz CT molecular complexity index is 414. The molecular weight excluding hydrogens is 266 g/mol. The molecule has 4 heteroatoms. The van der Waals surface area contributed by atoms with Crippen LogP contribution in [0.4, 0.5) is 0 Å². The first kappa shape index (κ1) is 15.8. The fourth-order valence-corrected chi connectivity index (χ4v) is 3.77. The summed E-state index contributed by atoms with van der Waals surface area (Å²) in [6.07, 6.45) is 6.96. The van der Waals surface area contributed by atoms with E-state index in [0.717, 1.165) is 34.8 Å². The zero-order chi connectivity index (χ0) is 14.4. The molecule has 0 amide bonds. The van der Waals surface area contributed by atoms with Gasteiger partial charge in [-0.3, -0.25) is 0 Å². The number of aromatic nitrogens is 2. The molecule has 0 radical (unpaired) electrons. The Labute approximate surface area is 127 Å². The second-order valence-corrected chi connectivity index (χ2v) is 7.31. The molecular formula is C16H27N3S. The van der Waals surface area contributed by atoms with Crippen molar-refractivity contribution in [1.29, 1.82) is 0 Å². The molecule has 20 heavy (non-hydrogen) atoms. The molecule has 3 nitrogen and oxygen atoms in total. The molecule has 0 aliphatic heterocycles. The Hall–Kier alpha value is -0.610. The Morgan fingerprint density at radius 2 is 2.00 bits per heavy atom. The lowest BCUT2D eigenvalue weighted by molar-refractivity contribution is 0.516. The highest BCUT2D eigenvalue weighted by molar-refractivity contribution is 7.99. The lowest BCUT2D eigenvalue weighted by Crippen LogP contribution is -2.23. The zero-order valence-corrected chi connectivity index (χ0v) is 13.8. The molecule has 1 aliphatic rings. The lowest BCUT2D eigenvalue weighted by Gasteiger charge is -2.20. The Morgan fingerprint density at radius 1 is 1.25 bits per heavy atom. The van der Waals surface area contributed by atoms with Gasteiger partial charge < -0.3 is 5.32 Å². The van der Waals surface area contributed by atoms with Crippen molar-refractivity contribution in [1.82, 2.24) is 15.3 Å². The first-order chi connectivity index (χ1) is 9.63. The minimum Gasteiger partial charge on any atom is -0.309 e. The molecule has 0 bridgehead atoms. The van der Waals surface area contributed by atoms with Crippen LogP contribution in [0, 0.1) is 6.92 Å². The SMILES string of the molecule is Cc1cc(CNC(C)C)nc(CSC2CCCCC2)n1. The van der Waals surface area contributed by atoms with Gasteiger partial charge in [0.15, 0.2) is 0 Å². The number of thioether (sulfide) groups is 1. The molecule has 0 spiro atoms. The highest BCUT2D eigenvalue weighted by atomic mass is 32.2. The van der Waals surface area contributed by atoms with Crippen LogP contribution in [0.25, 0.3) is 0 Å². The van der Waals surface area contributed by atoms with Crippen molar-refractivity contribution in [2.24, 2.45) is 0 Å². The third-order valence-electron chi connectivity index (χ3n) is 3.65. The number of rotatable bonds is 6. The quantitative estimate of drug-likeness (QED) is 0.864. The predicted molar refractivity (Wildman–Crippen MR) is 86.9 cm³/mol. The Balaban J connectivity index is 1.89. The number of hydrogen-bond acceptors (Lipinski definition) is 4. The molecule has 0 aromatic carbocycles. The van der Waals surface area contributed by atoms with Gasteiger partial charge in [0.1, 0.15) is 5.82 Å². The van der Waals surface area contributed by atoms with E-state index in [1.807, 2.05) is 11.8 Å². The minimum absolute atomic E-state index is 0.491. The highest BCUT2D eigenvalue weighted by Gasteiger charge is 2.14. The first-order valence-corrected chi connectivity index (χ1v) is 8.87. The summed E-state index contributed by atoms with van der Waals surface area (Å²) in [5.41, 5.74) is 2.20. The van der Waals surface area contributed by atoms with Crippen LogP contribution in [0.15, 0.2) is 6.07 Å². The van der Waals surface area contributed by atoms with Gasteiger partial charge in [0, 0.05) is 23.5 Å². The predicted octanol–water partition coefficient (Wildman–Crippen LogP) is 3.85. The van der Waals surface area contributed by atoms with Gasteiger partial charge in [-0.25, -0.2) is 9.97 Å². The van der Waals surface area contributed by atoms with Crippen molar-refractivity contribution >= 4 is 11.8 Å². The summed E-state index contributed by atoms with van der Waals surface area (Å²) in [4.78, 5) is 9.28. The van der Waals surface area contributed by atoms with E-state index in [-0.39, 0.29) is 0 Å². The van der Waals surface area contributed by atoms with Gasteiger partial charge in [-0.1, -0.05) is 33.1 Å². The van der Waals surface area contributed by atoms with Gasteiger partial charge in [-0.05, 0) is 25.8 Å². The van der Waals surface area contributed by atoms with Crippen LogP contribution in [0.2, 0.25) is 0 Å². The first-order valence-electron chi connectivity index (χ1n) is 7.82. The van der Waals surface area contributed by atoms with Crippen molar-refractivity contribution in [3.05, 3.63) is 23.3 Å². The third-order valence-corrected chi connectivity index (χ3v) is 5.01. The average Bonchev–Trinajstić information content (AvgIpc) is 2.44. The van der Waals surface area contributed by atoms with Gasteiger partial charge in [-0.2, -0.15) is 11.8 Å². The largest absolute Gasteiger partial charge is 0.309 e. The highest BCUT2D eigenvalue weighted by Crippen LogP contribution is 2.29. The van der Waals surface area contributed by atoms with E-state index in [2.05, 4.69) is 37.1 Å². The fourth-order valence-electron chi connectivity index (χ4n) is 2.59. The molecule has 0 saturated heterocycles. The van der Waals surface area contributed by atoms with Crippen LogP contribution in [0.5, 0.6) is 0 Å². The van der Waals surface area contributed by atoms with E-state index in [1.54, 1.807) is 0 Å². The van der Waals surface area contributed by atoms with Crippen LogP contribution in [0.3, 0.4) is 0 Å². The normalized spacial score (nSPS) is 16.8. The van der Waals surface area contributed by atoms with Gasteiger partial charge in [-0.15, -0.1) is 0 Å². The van der Waals surface area contributed by atoms with Crippen LogP contribution in [0.1, 0.15) is 63.2 Å². The van der Waals surface area contributed by atoms with E-state index in [0.29, 0.717) is 6.04 Å². The summed E-state index contributed by atoms with van der Waals surface area (Å²) in [7, 11) is 0. The molecule has 1 aromatic rings. The number of aryl methyl sites for hydroxylation is 1. The molecule has 112 valence electrons. The van der Waals surface area contributed by atoms with E-state index >= 15 is 0 Å². The van der Waals surface area contributed by atoms with Crippen LogP contribution in [-0.2, 0) is 12.3 Å².